The number of ether oxygens (including phenoxy) is 1. The second-order valence-corrected chi connectivity index (χ2v) is 4.36. The second kappa shape index (κ2) is 6.14. The molecule has 2 aromatic rings. The van der Waals surface area contributed by atoms with Gasteiger partial charge in [-0.1, -0.05) is 0 Å². The van der Waals surface area contributed by atoms with Gasteiger partial charge in [0.25, 0.3) is 5.91 Å². The maximum Gasteiger partial charge on any atom is 0.272 e. The highest BCUT2D eigenvalue weighted by atomic mass is 16.5. The molecule has 5 heteroatoms. The lowest BCUT2D eigenvalue weighted by atomic mass is 10.3. The summed E-state index contributed by atoms with van der Waals surface area (Å²) in [4.78, 5) is 12.2. The Balaban J connectivity index is 2.10. The summed E-state index contributed by atoms with van der Waals surface area (Å²) in [6, 6.07) is 8.95. The van der Waals surface area contributed by atoms with Crippen LogP contribution in [0, 0.1) is 0 Å². The van der Waals surface area contributed by atoms with E-state index in [0.717, 1.165) is 11.4 Å². The maximum atomic E-state index is 12.2. The van der Waals surface area contributed by atoms with Crippen LogP contribution in [0.3, 0.4) is 0 Å². The highest BCUT2D eigenvalue weighted by Crippen LogP contribution is 2.17. The number of anilines is 2. The average molecular weight is 273 g/mol. The number of benzene rings is 1. The highest BCUT2D eigenvalue weighted by molar-refractivity contribution is 6.03. The lowest BCUT2D eigenvalue weighted by Crippen LogP contribution is -2.16. The number of nitrogens with zero attached hydrogens (tertiary/aromatic N) is 1. The second-order valence-electron chi connectivity index (χ2n) is 4.36. The Morgan fingerprint density at radius 3 is 2.60 bits per heavy atom. The van der Waals surface area contributed by atoms with Crippen molar-refractivity contribution in [2.24, 2.45) is 0 Å². The van der Waals surface area contributed by atoms with Crippen LogP contribution in [0.4, 0.5) is 11.4 Å². The van der Waals surface area contributed by atoms with Crippen LogP contribution in [-0.2, 0) is 6.54 Å². The third kappa shape index (κ3) is 3.12. The fraction of sp³-hybridized carbons (Fsp3) is 0.267. The topological polar surface area (TPSA) is 69.3 Å². The Kier molecular flexibility index (Phi) is 4.30. The Labute approximate surface area is 118 Å². The number of aromatic nitrogens is 1. The number of nitrogen functional groups attached to an aromatic ring is 1. The number of nitrogens with one attached hydrogen (secondary N) is 1. The standard InChI is InChI=1S/C15H19N3O2/c1-3-18-10-11(16)9-14(18)15(19)17-12-5-7-13(8-6-12)20-4-2/h5-10H,3-4,16H2,1-2H3,(H,17,19). The molecule has 0 atom stereocenters. The zero-order chi connectivity index (χ0) is 14.5. The van der Waals surface area contributed by atoms with Crippen molar-refractivity contribution in [2.45, 2.75) is 20.4 Å². The molecule has 0 fully saturated rings. The van der Waals surface area contributed by atoms with Gasteiger partial charge in [-0.3, -0.25) is 4.79 Å². The van der Waals surface area contributed by atoms with Crippen molar-refractivity contribution in [1.29, 1.82) is 0 Å². The Morgan fingerprint density at radius 1 is 1.30 bits per heavy atom. The van der Waals surface area contributed by atoms with Crippen molar-refractivity contribution in [3.63, 3.8) is 0 Å². The fourth-order valence-electron chi connectivity index (χ4n) is 1.98. The third-order valence-electron chi connectivity index (χ3n) is 2.91. The molecule has 0 spiro atoms. The summed E-state index contributed by atoms with van der Waals surface area (Å²) in [5.74, 6) is 0.611. The predicted molar refractivity (Wildman–Crippen MR) is 80.1 cm³/mol. The number of hydrogen-bond acceptors (Lipinski definition) is 3. The molecule has 1 heterocycles. The maximum absolute atomic E-state index is 12.2. The minimum absolute atomic E-state index is 0.173. The lowest BCUT2D eigenvalue weighted by molar-refractivity contribution is 0.101. The molecular weight excluding hydrogens is 254 g/mol. The molecule has 1 amide bonds. The highest BCUT2D eigenvalue weighted by Gasteiger charge is 2.12. The molecule has 0 aliphatic heterocycles. The van der Waals surface area contributed by atoms with Crippen LogP contribution in [0.15, 0.2) is 36.5 Å². The summed E-state index contributed by atoms with van der Waals surface area (Å²) in [6.07, 6.45) is 1.76. The fourth-order valence-corrected chi connectivity index (χ4v) is 1.98. The van der Waals surface area contributed by atoms with Gasteiger partial charge in [-0.2, -0.15) is 0 Å². The number of rotatable bonds is 5. The largest absolute Gasteiger partial charge is 0.494 e. The van der Waals surface area contributed by atoms with Crippen LogP contribution in [0.1, 0.15) is 24.3 Å². The van der Waals surface area contributed by atoms with Gasteiger partial charge in [0.2, 0.25) is 0 Å². The van der Waals surface area contributed by atoms with E-state index in [1.54, 1.807) is 12.3 Å². The first-order valence-electron chi connectivity index (χ1n) is 6.64. The molecule has 20 heavy (non-hydrogen) atoms. The molecule has 106 valence electrons. The summed E-state index contributed by atoms with van der Waals surface area (Å²) in [6.45, 7) is 5.21. The van der Waals surface area contributed by atoms with E-state index in [2.05, 4.69) is 5.32 Å². The van der Waals surface area contributed by atoms with Gasteiger partial charge in [0.1, 0.15) is 11.4 Å². The molecule has 0 saturated carbocycles. The van der Waals surface area contributed by atoms with Gasteiger partial charge in [-0.25, -0.2) is 0 Å². The van der Waals surface area contributed by atoms with Gasteiger partial charge in [-0.15, -0.1) is 0 Å². The van der Waals surface area contributed by atoms with Crippen LogP contribution >= 0.6 is 0 Å². The summed E-state index contributed by atoms with van der Waals surface area (Å²) in [5, 5.41) is 2.84. The number of aryl methyl sites for hydroxylation is 1. The molecule has 0 aliphatic rings. The first-order valence-corrected chi connectivity index (χ1v) is 6.64. The summed E-state index contributed by atoms with van der Waals surface area (Å²) in [7, 11) is 0. The van der Waals surface area contributed by atoms with E-state index in [4.69, 9.17) is 10.5 Å². The summed E-state index contributed by atoms with van der Waals surface area (Å²) < 4.78 is 7.18. The molecule has 0 saturated heterocycles. The summed E-state index contributed by atoms with van der Waals surface area (Å²) in [5.41, 5.74) is 7.59. The third-order valence-corrected chi connectivity index (χ3v) is 2.91. The molecule has 5 nitrogen and oxygen atoms in total. The van der Waals surface area contributed by atoms with Crippen LogP contribution < -0.4 is 15.8 Å². The molecule has 0 unspecified atom stereocenters. The minimum Gasteiger partial charge on any atom is -0.494 e. The monoisotopic (exact) mass is 273 g/mol. The smallest absolute Gasteiger partial charge is 0.272 e. The van der Waals surface area contributed by atoms with Gasteiger partial charge < -0.3 is 20.4 Å². The van der Waals surface area contributed by atoms with E-state index in [1.165, 1.54) is 0 Å². The quantitative estimate of drug-likeness (QED) is 0.880. The van der Waals surface area contributed by atoms with E-state index in [-0.39, 0.29) is 5.91 Å². The minimum atomic E-state index is -0.173. The number of hydrogen-bond donors (Lipinski definition) is 2. The van der Waals surface area contributed by atoms with E-state index in [0.29, 0.717) is 24.5 Å². The number of amides is 1. The van der Waals surface area contributed by atoms with E-state index >= 15 is 0 Å². The van der Waals surface area contributed by atoms with E-state index in [9.17, 15) is 4.79 Å². The van der Waals surface area contributed by atoms with Crippen molar-refractivity contribution >= 4 is 17.3 Å². The zero-order valence-electron chi connectivity index (χ0n) is 11.7. The van der Waals surface area contributed by atoms with Gasteiger partial charge in [0.15, 0.2) is 0 Å². The molecule has 0 aliphatic carbocycles. The molecule has 0 bridgehead atoms. The first kappa shape index (κ1) is 14.0. The SMILES string of the molecule is CCOc1ccc(NC(=O)c2cc(N)cn2CC)cc1. The van der Waals surface area contributed by atoms with Crippen LogP contribution in [0.5, 0.6) is 5.75 Å². The zero-order valence-corrected chi connectivity index (χ0v) is 11.7. The number of nitrogens with two attached hydrogens (primary N) is 1. The van der Waals surface area contributed by atoms with Crippen molar-refractivity contribution in [1.82, 2.24) is 4.57 Å². The van der Waals surface area contributed by atoms with Crippen LogP contribution in [0.25, 0.3) is 0 Å². The van der Waals surface area contributed by atoms with E-state index < -0.39 is 0 Å². The van der Waals surface area contributed by atoms with Gasteiger partial charge >= 0.3 is 0 Å². The van der Waals surface area contributed by atoms with Crippen molar-refractivity contribution < 1.29 is 9.53 Å². The van der Waals surface area contributed by atoms with Gasteiger partial charge in [0, 0.05) is 18.4 Å². The van der Waals surface area contributed by atoms with Crippen molar-refractivity contribution in [3.05, 3.63) is 42.2 Å². The van der Waals surface area contributed by atoms with Gasteiger partial charge in [-0.05, 0) is 44.2 Å². The van der Waals surface area contributed by atoms with Crippen LogP contribution in [0.2, 0.25) is 0 Å². The lowest BCUT2D eigenvalue weighted by Gasteiger charge is -2.08. The van der Waals surface area contributed by atoms with E-state index in [1.807, 2.05) is 42.7 Å². The number of carbonyl (C=O) groups is 1. The molecule has 3 N–H and O–H groups in total. The first-order chi connectivity index (χ1) is 9.63. The average Bonchev–Trinajstić information content (AvgIpc) is 2.82. The van der Waals surface area contributed by atoms with Crippen molar-refractivity contribution in [2.75, 3.05) is 17.7 Å². The van der Waals surface area contributed by atoms with Gasteiger partial charge in [0.05, 0.1) is 12.3 Å². The Morgan fingerprint density at radius 2 is 2.00 bits per heavy atom. The Hall–Kier alpha value is -2.43. The molecule has 1 aromatic carbocycles. The van der Waals surface area contributed by atoms with Crippen LogP contribution in [-0.4, -0.2) is 17.1 Å². The molecular formula is C15H19N3O2. The normalized spacial score (nSPS) is 10.3. The number of carbonyl (C=O) groups excluding carboxylic acids is 1. The molecule has 1 aromatic heterocycles. The summed E-state index contributed by atoms with van der Waals surface area (Å²) >= 11 is 0. The van der Waals surface area contributed by atoms with Crippen molar-refractivity contribution in [3.8, 4) is 5.75 Å². The molecule has 2 rings (SSSR count). The predicted octanol–water partition coefficient (Wildman–Crippen LogP) is 2.74. The molecule has 0 radical (unpaired) electrons. The Bertz CT molecular complexity index is 588.